The SMILES string of the molecule is CCCN(CCC)C(=O)C1=CC2CCC(C(=O)NC3CCC4CCCCC43)CC2N=C(N)C1. The lowest BCUT2D eigenvalue weighted by Gasteiger charge is -2.34. The van der Waals surface area contributed by atoms with Gasteiger partial charge >= 0.3 is 0 Å². The molecule has 0 bridgehead atoms. The minimum atomic E-state index is 0.00720. The molecule has 1 aliphatic heterocycles. The van der Waals surface area contributed by atoms with Crippen molar-refractivity contribution in [1.29, 1.82) is 0 Å². The van der Waals surface area contributed by atoms with Gasteiger partial charge < -0.3 is 16.0 Å². The molecule has 0 spiro atoms. The number of fused-ring (bicyclic) bond motifs is 2. The average Bonchev–Trinajstić information content (AvgIpc) is 3.13. The molecule has 0 aromatic heterocycles. The van der Waals surface area contributed by atoms with Crippen LogP contribution in [0.2, 0.25) is 0 Å². The maximum absolute atomic E-state index is 13.2. The predicted molar refractivity (Wildman–Crippen MR) is 133 cm³/mol. The van der Waals surface area contributed by atoms with Crippen LogP contribution in [0.4, 0.5) is 0 Å². The van der Waals surface area contributed by atoms with Gasteiger partial charge in [-0.1, -0.05) is 39.2 Å². The minimum absolute atomic E-state index is 0.00720. The van der Waals surface area contributed by atoms with Crippen molar-refractivity contribution in [3.8, 4) is 0 Å². The lowest BCUT2D eigenvalue weighted by atomic mass is 9.77. The van der Waals surface area contributed by atoms with Crippen molar-refractivity contribution in [2.75, 3.05) is 13.1 Å². The Hall–Kier alpha value is -1.85. The number of hydrogen-bond donors (Lipinski definition) is 2. The highest BCUT2D eigenvalue weighted by molar-refractivity contribution is 6.00. The molecule has 6 unspecified atom stereocenters. The van der Waals surface area contributed by atoms with Gasteiger partial charge in [-0.15, -0.1) is 0 Å². The Morgan fingerprint density at radius 1 is 1.06 bits per heavy atom. The maximum Gasteiger partial charge on any atom is 0.249 e. The fourth-order valence-corrected chi connectivity index (χ4v) is 6.94. The summed E-state index contributed by atoms with van der Waals surface area (Å²) in [4.78, 5) is 33.2. The summed E-state index contributed by atoms with van der Waals surface area (Å²) in [6.45, 7) is 5.77. The Morgan fingerprint density at radius 2 is 1.82 bits per heavy atom. The average molecular weight is 457 g/mol. The summed E-state index contributed by atoms with van der Waals surface area (Å²) < 4.78 is 0. The van der Waals surface area contributed by atoms with Crippen molar-refractivity contribution in [3.63, 3.8) is 0 Å². The third kappa shape index (κ3) is 5.63. The molecule has 3 N–H and O–H groups in total. The summed E-state index contributed by atoms with van der Waals surface area (Å²) in [5.74, 6) is 2.60. The largest absolute Gasteiger partial charge is 0.387 e. The highest BCUT2D eigenvalue weighted by Gasteiger charge is 2.40. The van der Waals surface area contributed by atoms with E-state index in [-0.39, 0.29) is 29.7 Å². The fraction of sp³-hybridized carbons (Fsp3) is 0.815. The van der Waals surface area contributed by atoms with E-state index >= 15 is 0 Å². The molecule has 0 saturated heterocycles. The number of hydrogen-bond acceptors (Lipinski definition) is 4. The molecule has 0 radical (unpaired) electrons. The second kappa shape index (κ2) is 11.1. The van der Waals surface area contributed by atoms with E-state index < -0.39 is 0 Å². The molecule has 3 fully saturated rings. The number of carbonyl (C=O) groups is 2. The smallest absolute Gasteiger partial charge is 0.249 e. The molecule has 2 amide bonds. The van der Waals surface area contributed by atoms with Crippen molar-refractivity contribution in [2.24, 2.45) is 34.4 Å². The van der Waals surface area contributed by atoms with Crippen LogP contribution in [0.3, 0.4) is 0 Å². The molecule has 0 aromatic carbocycles. The van der Waals surface area contributed by atoms with Gasteiger partial charge in [0.15, 0.2) is 0 Å². The number of carbonyl (C=O) groups excluding carboxylic acids is 2. The van der Waals surface area contributed by atoms with Gasteiger partial charge in [-0.3, -0.25) is 14.6 Å². The molecule has 0 aromatic rings. The third-order valence-electron chi connectivity index (χ3n) is 8.57. The second-order valence-electron chi connectivity index (χ2n) is 10.9. The van der Waals surface area contributed by atoms with Crippen molar-refractivity contribution in [1.82, 2.24) is 10.2 Å². The summed E-state index contributed by atoms with van der Waals surface area (Å²) in [5, 5.41) is 3.45. The second-order valence-corrected chi connectivity index (χ2v) is 10.9. The monoisotopic (exact) mass is 456 g/mol. The quantitative estimate of drug-likeness (QED) is 0.602. The number of amidine groups is 1. The Labute approximate surface area is 199 Å². The molecule has 1 heterocycles. The zero-order chi connectivity index (χ0) is 23.4. The van der Waals surface area contributed by atoms with Gasteiger partial charge in [0, 0.05) is 43.0 Å². The highest BCUT2D eigenvalue weighted by atomic mass is 16.2. The number of amides is 2. The van der Waals surface area contributed by atoms with Gasteiger partial charge in [-0.2, -0.15) is 0 Å². The van der Waals surface area contributed by atoms with E-state index in [0.717, 1.165) is 63.1 Å². The standard InChI is InChI=1S/C27H44N4O2/c1-3-13-31(14-4-2)27(33)21-15-19-9-10-20(16-24(19)29-25(28)17-21)26(32)30-23-12-11-18-7-5-6-8-22(18)23/h15,18-20,22-24H,3-14,16-17H2,1-2H3,(H2,28,29)(H,30,32). The Balaban J connectivity index is 1.39. The van der Waals surface area contributed by atoms with Crippen molar-refractivity contribution < 1.29 is 9.59 Å². The summed E-state index contributed by atoms with van der Waals surface area (Å²) in [6.07, 6.45) is 14.7. The highest BCUT2D eigenvalue weighted by Crippen LogP contribution is 2.43. The lowest BCUT2D eigenvalue weighted by molar-refractivity contribution is -0.128. The normalized spacial score (nSPS) is 33.8. The number of nitrogens with zero attached hydrogens (tertiary/aromatic N) is 2. The zero-order valence-corrected chi connectivity index (χ0v) is 20.7. The van der Waals surface area contributed by atoms with Gasteiger partial charge in [0.25, 0.3) is 0 Å². The molecule has 4 aliphatic rings. The zero-order valence-electron chi connectivity index (χ0n) is 20.7. The van der Waals surface area contributed by atoms with E-state index in [1.54, 1.807) is 0 Å². The van der Waals surface area contributed by atoms with Crippen LogP contribution in [-0.2, 0) is 9.59 Å². The van der Waals surface area contributed by atoms with Crippen LogP contribution in [0, 0.1) is 23.7 Å². The van der Waals surface area contributed by atoms with E-state index in [0.29, 0.717) is 24.2 Å². The molecule has 6 nitrogen and oxygen atoms in total. The van der Waals surface area contributed by atoms with Gasteiger partial charge in [0.1, 0.15) is 0 Å². The number of nitrogens with two attached hydrogens (primary N) is 1. The van der Waals surface area contributed by atoms with Crippen molar-refractivity contribution >= 4 is 17.6 Å². The first-order valence-electron chi connectivity index (χ1n) is 13.6. The Bertz CT molecular complexity index is 770. The predicted octanol–water partition coefficient (Wildman–Crippen LogP) is 4.19. The molecule has 4 rings (SSSR count). The minimum Gasteiger partial charge on any atom is -0.387 e. The first kappa shape index (κ1) is 24.3. The van der Waals surface area contributed by atoms with Crippen molar-refractivity contribution in [3.05, 3.63) is 11.6 Å². The van der Waals surface area contributed by atoms with Gasteiger partial charge in [0.05, 0.1) is 11.9 Å². The van der Waals surface area contributed by atoms with Gasteiger partial charge in [-0.05, 0) is 63.2 Å². The molecule has 3 aliphatic carbocycles. The third-order valence-corrected chi connectivity index (χ3v) is 8.57. The van der Waals surface area contributed by atoms with Gasteiger partial charge in [-0.25, -0.2) is 0 Å². The van der Waals surface area contributed by atoms with Crippen LogP contribution in [0.25, 0.3) is 0 Å². The van der Waals surface area contributed by atoms with E-state index in [2.05, 4.69) is 25.2 Å². The van der Waals surface area contributed by atoms with Crippen molar-refractivity contribution in [2.45, 2.75) is 103 Å². The van der Waals surface area contributed by atoms with E-state index in [9.17, 15) is 9.59 Å². The van der Waals surface area contributed by atoms with E-state index in [1.165, 1.54) is 32.1 Å². The van der Waals surface area contributed by atoms with Crippen LogP contribution in [-0.4, -0.2) is 47.7 Å². The van der Waals surface area contributed by atoms with E-state index in [4.69, 9.17) is 10.7 Å². The van der Waals surface area contributed by atoms with Crippen LogP contribution >= 0.6 is 0 Å². The number of nitrogens with one attached hydrogen (secondary N) is 1. The number of rotatable bonds is 7. The molecule has 6 heteroatoms. The van der Waals surface area contributed by atoms with Crippen LogP contribution < -0.4 is 11.1 Å². The van der Waals surface area contributed by atoms with Crippen LogP contribution in [0.1, 0.15) is 90.9 Å². The Morgan fingerprint density at radius 3 is 2.58 bits per heavy atom. The lowest BCUT2D eigenvalue weighted by Crippen LogP contribution is -2.44. The first-order valence-corrected chi connectivity index (χ1v) is 13.6. The molecular weight excluding hydrogens is 412 g/mol. The maximum atomic E-state index is 13.2. The first-order chi connectivity index (χ1) is 16.0. The van der Waals surface area contributed by atoms with Crippen LogP contribution in [0.15, 0.2) is 16.6 Å². The molecule has 3 saturated carbocycles. The molecular formula is C27H44N4O2. The summed E-state index contributed by atoms with van der Waals surface area (Å²) in [6, 6.07) is 0.382. The number of aliphatic imine (C=N–C) groups is 1. The summed E-state index contributed by atoms with van der Waals surface area (Å²) in [7, 11) is 0. The summed E-state index contributed by atoms with van der Waals surface area (Å²) in [5.41, 5.74) is 7.08. The Kier molecular flexibility index (Phi) is 8.13. The van der Waals surface area contributed by atoms with Crippen LogP contribution in [0.5, 0.6) is 0 Å². The fourth-order valence-electron chi connectivity index (χ4n) is 6.94. The molecule has 184 valence electrons. The summed E-state index contributed by atoms with van der Waals surface area (Å²) >= 11 is 0. The van der Waals surface area contributed by atoms with Gasteiger partial charge in [0.2, 0.25) is 11.8 Å². The molecule has 33 heavy (non-hydrogen) atoms. The van der Waals surface area contributed by atoms with E-state index in [1.807, 2.05) is 4.90 Å². The molecule has 6 atom stereocenters. The topological polar surface area (TPSA) is 87.8 Å².